The van der Waals surface area contributed by atoms with Crippen molar-refractivity contribution in [1.82, 2.24) is 9.97 Å². The van der Waals surface area contributed by atoms with Gasteiger partial charge in [0.1, 0.15) is 10.7 Å². The maximum Gasteiger partial charge on any atom is 0.260 e. The number of aromatic amines is 1. The molecule has 0 amide bonds. The lowest BCUT2D eigenvalue weighted by Gasteiger charge is -2.09. The summed E-state index contributed by atoms with van der Waals surface area (Å²) in [6.45, 7) is 0. The Morgan fingerprint density at radius 1 is 1.21 bits per heavy atom. The summed E-state index contributed by atoms with van der Waals surface area (Å²) < 4.78 is 22.7. The summed E-state index contributed by atoms with van der Waals surface area (Å²) in [5, 5.41) is 5.79. The van der Waals surface area contributed by atoms with Crippen molar-refractivity contribution < 1.29 is 8.42 Å². The average molecular weight is 379 g/mol. The first-order valence-electron chi connectivity index (χ1n) is 7.19. The van der Waals surface area contributed by atoms with E-state index in [0.29, 0.717) is 16.8 Å². The van der Waals surface area contributed by atoms with Crippen molar-refractivity contribution in [3.63, 3.8) is 0 Å². The first-order valence-corrected chi connectivity index (χ1v) is 10.7. The molecular formula is C15H13N3O3S3. The van der Waals surface area contributed by atoms with Gasteiger partial charge in [-0.2, -0.15) is 11.8 Å². The van der Waals surface area contributed by atoms with E-state index in [1.54, 1.807) is 23.5 Å². The minimum Gasteiger partial charge on any atom is -0.306 e. The van der Waals surface area contributed by atoms with E-state index in [1.165, 1.54) is 17.0 Å². The number of hydrogen-bond donors (Lipinski definition) is 2. The monoisotopic (exact) mass is 379 g/mol. The van der Waals surface area contributed by atoms with Crippen molar-refractivity contribution in [1.29, 1.82) is 0 Å². The van der Waals surface area contributed by atoms with E-state index >= 15 is 0 Å². The number of thiophene rings is 1. The van der Waals surface area contributed by atoms with E-state index < -0.39 is 10.0 Å². The zero-order valence-corrected chi connectivity index (χ0v) is 14.9. The molecule has 1 aromatic carbocycles. The largest absolute Gasteiger partial charge is 0.306 e. The molecule has 24 heavy (non-hydrogen) atoms. The highest BCUT2D eigenvalue weighted by Gasteiger charge is 2.20. The van der Waals surface area contributed by atoms with Crippen molar-refractivity contribution in [3.05, 3.63) is 45.1 Å². The first kappa shape index (κ1) is 15.8. The van der Waals surface area contributed by atoms with Crippen LogP contribution in [0, 0.1) is 0 Å². The number of H-pyrrole nitrogens is 1. The number of primary sulfonamides is 1. The molecule has 124 valence electrons. The smallest absolute Gasteiger partial charge is 0.260 e. The lowest BCUT2D eigenvalue weighted by atomic mass is 10.1. The molecule has 4 rings (SSSR count). The molecule has 0 unspecified atom stereocenters. The third kappa shape index (κ3) is 2.67. The molecule has 2 aromatic heterocycles. The van der Waals surface area contributed by atoms with Crippen LogP contribution in [0.1, 0.15) is 10.4 Å². The Bertz CT molecular complexity index is 1100. The van der Waals surface area contributed by atoms with Gasteiger partial charge in [0.2, 0.25) is 10.0 Å². The number of nitrogens with zero attached hydrogens (tertiary/aromatic N) is 1. The quantitative estimate of drug-likeness (QED) is 0.709. The third-order valence-corrected chi connectivity index (χ3v) is 7.15. The van der Waals surface area contributed by atoms with Gasteiger partial charge in [-0.3, -0.25) is 4.79 Å². The molecule has 0 spiro atoms. The molecule has 0 aliphatic carbocycles. The molecule has 6 nitrogen and oxygen atoms in total. The molecule has 0 fully saturated rings. The molecule has 0 atom stereocenters. The number of rotatable bonds is 2. The molecule has 9 heteroatoms. The van der Waals surface area contributed by atoms with E-state index in [9.17, 15) is 13.2 Å². The molecule has 0 radical (unpaired) electrons. The van der Waals surface area contributed by atoms with Crippen LogP contribution in [0.4, 0.5) is 0 Å². The van der Waals surface area contributed by atoms with E-state index in [2.05, 4.69) is 9.97 Å². The van der Waals surface area contributed by atoms with Gasteiger partial charge in [0, 0.05) is 16.2 Å². The molecule has 0 saturated carbocycles. The lowest BCUT2D eigenvalue weighted by Crippen LogP contribution is -2.12. The molecule has 1 aliphatic rings. The highest BCUT2D eigenvalue weighted by molar-refractivity contribution is 7.98. The summed E-state index contributed by atoms with van der Waals surface area (Å²) in [6.07, 6.45) is 0.896. The number of nitrogens with two attached hydrogens (primary N) is 1. The second-order valence-electron chi connectivity index (χ2n) is 5.47. The number of benzene rings is 1. The standard InChI is InChI=1S/C15H13N3O3S3/c16-24(20,21)9-3-1-8(2-4-9)13-17-14(19)12-10-5-6-22-7-11(10)23-15(12)18-13/h1-4H,5-7H2,(H2,16,20,21)(H,17,18,19). The number of aromatic nitrogens is 2. The summed E-state index contributed by atoms with van der Waals surface area (Å²) in [5.41, 5.74) is 1.62. The van der Waals surface area contributed by atoms with Gasteiger partial charge in [-0.1, -0.05) is 0 Å². The van der Waals surface area contributed by atoms with Gasteiger partial charge < -0.3 is 4.98 Å². The van der Waals surface area contributed by atoms with Gasteiger partial charge >= 0.3 is 0 Å². The Balaban J connectivity index is 1.85. The van der Waals surface area contributed by atoms with E-state index in [-0.39, 0.29) is 10.5 Å². The summed E-state index contributed by atoms with van der Waals surface area (Å²) >= 11 is 3.43. The van der Waals surface area contributed by atoms with Gasteiger partial charge in [0.05, 0.1) is 10.3 Å². The Labute approximate surface area is 146 Å². The summed E-state index contributed by atoms with van der Waals surface area (Å²) in [5.74, 6) is 2.38. The topological polar surface area (TPSA) is 106 Å². The summed E-state index contributed by atoms with van der Waals surface area (Å²) in [6, 6.07) is 6.00. The summed E-state index contributed by atoms with van der Waals surface area (Å²) in [4.78, 5) is 21.9. The predicted octanol–water partition coefficient (Wildman–Crippen LogP) is 2.09. The van der Waals surface area contributed by atoms with Gasteiger partial charge in [0.15, 0.2) is 0 Å². The van der Waals surface area contributed by atoms with Crippen molar-refractivity contribution in [2.75, 3.05) is 5.75 Å². The molecular weight excluding hydrogens is 366 g/mol. The number of thioether (sulfide) groups is 1. The van der Waals surface area contributed by atoms with Gasteiger partial charge in [-0.05, 0) is 42.0 Å². The van der Waals surface area contributed by atoms with Crippen molar-refractivity contribution in [2.24, 2.45) is 5.14 Å². The van der Waals surface area contributed by atoms with Crippen LogP contribution in [0.2, 0.25) is 0 Å². The van der Waals surface area contributed by atoms with Crippen LogP contribution in [0.5, 0.6) is 0 Å². The zero-order chi connectivity index (χ0) is 16.9. The Morgan fingerprint density at radius 2 is 1.96 bits per heavy atom. The molecule has 3 heterocycles. The maximum absolute atomic E-state index is 12.5. The molecule has 0 saturated heterocycles. The number of aryl methyl sites for hydroxylation is 1. The van der Waals surface area contributed by atoms with Crippen LogP contribution in [0.3, 0.4) is 0 Å². The van der Waals surface area contributed by atoms with Crippen LogP contribution in [-0.2, 0) is 22.2 Å². The van der Waals surface area contributed by atoms with Gasteiger partial charge in [-0.15, -0.1) is 11.3 Å². The second kappa shape index (κ2) is 5.69. The normalized spacial score (nSPS) is 14.7. The van der Waals surface area contributed by atoms with Gasteiger partial charge in [0.25, 0.3) is 5.56 Å². The fraction of sp³-hybridized carbons (Fsp3) is 0.200. The zero-order valence-electron chi connectivity index (χ0n) is 12.4. The fourth-order valence-electron chi connectivity index (χ4n) is 2.77. The molecule has 3 aromatic rings. The third-order valence-electron chi connectivity index (χ3n) is 3.93. The van der Waals surface area contributed by atoms with E-state index in [1.807, 2.05) is 11.8 Å². The van der Waals surface area contributed by atoms with Crippen LogP contribution in [-0.4, -0.2) is 24.1 Å². The van der Waals surface area contributed by atoms with Crippen molar-refractivity contribution >= 4 is 43.3 Å². The van der Waals surface area contributed by atoms with Crippen LogP contribution >= 0.6 is 23.1 Å². The highest BCUT2D eigenvalue weighted by atomic mass is 32.2. The fourth-order valence-corrected chi connectivity index (χ4v) is 5.64. The SMILES string of the molecule is NS(=O)(=O)c1ccc(-c2nc3sc4c(c3c(=O)[nH]2)CCSC4)cc1. The molecule has 0 bridgehead atoms. The number of fused-ring (bicyclic) bond motifs is 3. The number of nitrogens with one attached hydrogen (secondary N) is 1. The second-order valence-corrected chi connectivity index (χ2v) is 9.22. The molecule has 3 N–H and O–H groups in total. The highest BCUT2D eigenvalue weighted by Crippen LogP contribution is 2.35. The number of hydrogen-bond acceptors (Lipinski definition) is 6. The predicted molar refractivity (Wildman–Crippen MR) is 96.9 cm³/mol. The first-order chi connectivity index (χ1) is 11.4. The minimum atomic E-state index is -3.74. The lowest BCUT2D eigenvalue weighted by molar-refractivity contribution is 0.598. The van der Waals surface area contributed by atoms with E-state index in [0.717, 1.165) is 28.3 Å². The molecule has 1 aliphatic heterocycles. The Morgan fingerprint density at radius 3 is 2.67 bits per heavy atom. The van der Waals surface area contributed by atoms with Crippen LogP contribution in [0.15, 0.2) is 34.0 Å². The van der Waals surface area contributed by atoms with Crippen LogP contribution in [0.25, 0.3) is 21.6 Å². The van der Waals surface area contributed by atoms with Gasteiger partial charge in [-0.25, -0.2) is 18.5 Å². The van der Waals surface area contributed by atoms with Crippen LogP contribution < -0.4 is 10.7 Å². The average Bonchev–Trinajstić information content (AvgIpc) is 2.93. The summed E-state index contributed by atoms with van der Waals surface area (Å²) in [7, 11) is -3.74. The van der Waals surface area contributed by atoms with E-state index in [4.69, 9.17) is 5.14 Å². The Hall–Kier alpha value is -1.68. The Kier molecular flexibility index (Phi) is 3.75. The minimum absolute atomic E-state index is 0.0262. The maximum atomic E-state index is 12.5. The number of sulfonamides is 1. The van der Waals surface area contributed by atoms with Crippen molar-refractivity contribution in [2.45, 2.75) is 17.1 Å². The van der Waals surface area contributed by atoms with Crippen molar-refractivity contribution in [3.8, 4) is 11.4 Å².